The Bertz CT molecular complexity index is 422. The molecular weight excluding hydrogens is 263 g/mol. The van der Waals surface area contributed by atoms with Crippen molar-refractivity contribution < 1.29 is 13.2 Å². The van der Waals surface area contributed by atoms with Gasteiger partial charge in [0.15, 0.2) is 0 Å². The molecular formula is C16H22F3N. The van der Waals surface area contributed by atoms with Gasteiger partial charge in [0, 0.05) is 6.04 Å². The van der Waals surface area contributed by atoms with E-state index in [1.165, 1.54) is 44.2 Å². The average Bonchev–Trinajstić information content (AvgIpc) is 2.45. The van der Waals surface area contributed by atoms with Crippen molar-refractivity contribution in [1.82, 2.24) is 0 Å². The van der Waals surface area contributed by atoms with Gasteiger partial charge in [-0.15, -0.1) is 0 Å². The molecule has 1 fully saturated rings. The minimum Gasteiger partial charge on any atom is -0.324 e. The normalized spacial score (nSPS) is 19.0. The van der Waals surface area contributed by atoms with Gasteiger partial charge < -0.3 is 5.73 Å². The number of halogens is 3. The molecule has 112 valence electrons. The van der Waals surface area contributed by atoms with Crippen LogP contribution in [-0.2, 0) is 6.18 Å². The van der Waals surface area contributed by atoms with Gasteiger partial charge in [-0.05, 0) is 36.5 Å². The summed E-state index contributed by atoms with van der Waals surface area (Å²) in [6.45, 7) is 0. The van der Waals surface area contributed by atoms with E-state index in [1.807, 2.05) is 0 Å². The van der Waals surface area contributed by atoms with Gasteiger partial charge in [0.25, 0.3) is 0 Å². The van der Waals surface area contributed by atoms with Crippen LogP contribution < -0.4 is 5.73 Å². The van der Waals surface area contributed by atoms with Crippen molar-refractivity contribution in [3.63, 3.8) is 0 Å². The maximum absolute atomic E-state index is 12.7. The minimum absolute atomic E-state index is 0.292. The molecule has 0 aromatic heterocycles. The second-order valence-corrected chi connectivity index (χ2v) is 5.81. The molecule has 0 bridgehead atoms. The van der Waals surface area contributed by atoms with Crippen molar-refractivity contribution in [3.8, 4) is 0 Å². The van der Waals surface area contributed by atoms with Crippen molar-refractivity contribution in [2.24, 2.45) is 11.7 Å². The van der Waals surface area contributed by atoms with Gasteiger partial charge >= 0.3 is 6.18 Å². The summed E-state index contributed by atoms with van der Waals surface area (Å²) in [5.74, 6) is 0.709. The van der Waals surface area contributed by atoms with Crippen LogP contribution in [0.25, 0.3) is 0 Å². The molecule has 0 spiro atoms. The number of alkyl halides is 3. The fourth-order valence-corrected chi connectivity index (χ4v) is 3.00. The van der Waals surface area contributed by atoms with Crippen LogP contribution in [0.1, 0.15) is 62.1 Å². The molecule has 1 saturated carbocycles. The Hall–Kier alpha value is -1.03. The smallest absolute Gasteiger partial charge is 0.324 e. The SMILES string of the molecule is NC(CCC1CCCCC1)c1cccc(C(F)(F)F)c1. The Labute approximate surface area is 118 Å². The van der Waals surface area contributed by atoms with Crippen LogP contribution in [0.15, 0.2) is 24.3 Å². The molecule has 1 unspecified atom stereocenters. The first kappa shape index (κ1) is 15.4. The Morgan fingerprint density at radius 3 is 2.50 bits per heavy atom. The number of hydrogen-bond donors (Lipinski definition) is 1. The molecule has 1 nitrogen and oxygen atoms in total. The minimum atomic E-state index is -4.29. The fraction of sp³-hybridized carbons (Fsp3) is 0.625. The molecule has 20 heavy (non-hydrogen) atoms. The van der Waals surface area contributed by atoms with Gasteiger partial charge in [0.05, 0.1) is 5.56 Å². The molecule has 2 rings (SSSR count). The monoisotopic (exact) mass is 285 g/mol. The molecule has 0 aliphatic heterocycles. The predicted molar refractivity (Wildman–Crippen MR) is 74.2 cm³/mol. The van der Waals surface area contributed by atoms with E-state index < -0.39 is 11.7 Å². The van der Waals surface area contributed by atoms with Crippen molar-refractivity contribution >= 4 is 0 Å². The average molecular weight is 285 g/mol. The molecule has 4 heteroatoms. The molecule has 1 aliphatic rings. The molecule has 0 saturated heterocycles. The van der Waals surface area contributed by atoms with Gasteiger partial charge in [-0.2, -0.15) is 13.2 Å². The molecule has 1 aromatic rings. The highest BCUT2D eigenvalue weighted by Gasteiger charge is 2.30. The largest absolute Gasteiger partial charge is 0.416 e. The van der Waals surface area contributed by atoms with Gasteiger partial charge in [-0.1, -0.05) is 44.2 Å². The van der Waals surface area contributed by atoms with Gasteiger partial charge in [0.2, 0.25) is 0 Å². The van der Waals surface area contributed by atoms with E-state index in [0.29, 0.717) is 11.5 Å². The molecule has 2 N–H and O–H groups in total. The van der Waals surface area contributed by atoms with Gasteiger partial charge in [-0.25, -0.2) is 0 Å². The Morgan fingerprint density at radius 1 is 1.15 bits per heavy atom. The zero-order valence-electron chi connectivity index (χ0n) is 11.6. The summed E-state index contributed by atoms with van der Waals surface area (Å²) in [4.78, 5) is 0. The lowest BCUT2D eigenvalue weighted by Gasteiger charge is -2.23. The van der Waals surface area contributed by atoms with Crippen LogP contribution in [0.2, 0.25) is 0 Å². The zero-order valence-corrected chi connectivity index (χ0v) is 11.6. The molecule has 1 atom stereocenters. The second-order valence-electron chi connectivity index (χ2n) is 5.81. The Kier molecular flexibility index (Phi) is 5.08. The highest BCUT2D eigenvalue weighted by molar-refractivity contribution is 5.27. The third-order valence-electron chi connectivity index (χ3n) is 4.25. The second kappa shape index (κ2) is 6.61. The lowest BCUT2D eigenvalue weighted by Crippen LogP contribution is -2.15. The standard InChI is InChI=1S/C16H22F3N/c17-16(18,19)14-8-4-7-13(11-14)15(20)10-9-12-5-2-1-3-6-12/h4,7-8,11-12,15H,1-3,5-6,9-10,20H2. The summed E-state index contributed by atoms with van der Waals surface area (Å²) in [5, 5.41) is 0. The van der Waals surface area contributed by atoms with E-state index in [0.717, 1.165) is 18.9 Å². The number of benzene rings is 1. The summed E-state index contributed by atoms with van der Waals surface area (Å²) in [5.41, 5.74) is 6.04. The summed E-state index contributed by atoms with van der Waals surface area (Å²) in [6, 6.07) is 5.13. The van der Waals surface area contributed by atoms with Crippen molar-refractivity contribution in [3.05, 3.63) is 35.4 Å². The lowest BCUT2D eigenvalue weighted by molar-refractivity contribution is -0.137. The first-order chi connectivity index (χ1) is 9.47. The molecule has 1 aromatic carbocycles. The van der Waals surface area contributed by atoms with Crippen LogP contribution >= 0.6 is 0 Å². The third kappa shape index (κ3) is 4.23. The van der Waals surface area contributed by atoms with E-state index in [-0.39, 0.29) is 6.04 Å². The fourth-order valence-electron chi connectivity index (χ4n) is 3.00. The lowest BCUT2D eigenvalue weighted by atomic mass is 9.84. The van der Waals surface area contributed by atoms with Gasteiger partial charge in [-0.3, -0.25) is 0 Å². The zero-order chi connectivity index (χ0) is 14.6. The molecule has 1 aliphatic carbocycles. The summed E-state index contributed by atoms with van der Waals surface area (Å²) in [6.07, 6.45) is 3.87. The molecule has 0 radical (unpaired) electrons. The van der Waals surface area contributed by atoms with Crippen LogP contribution in [0, 0.1) is 5.92 Å². The highest BCUT2D eigenvalue weighted by Crippen LogP contribution is 2.32. The predicted octanol–water partition coefficient (Wildman–Crippen LogP) is 5.07. The van der Waals surface area contributed by atoms with E-state index in [2.05, 4.69) is 0 Å². The number of hydrogen-bond acceptors (Lipinski definition) is 1. The van der Waals surface area contributed by atoms with Crippen molar-refractivity contribution in [1.29, 1.82) is 0 Å². The van der Waals surface area contributed by atoms with E-state index >= 15 is 0 Å². The van der Waals surface area contributed by atoms with E-state index in [9.17, 15) is 13.2 Å². The third-order valence-corrected chi connectivity index (χ3v) is 4.25. The van der Waals surface area contributed by atoms with Crippen LogP contribution in [0.5, 0.6) is 0 Å². The topological polar surface area (TPSA) is 26.0 Å². The van der Waals surface area contributed by atoms with Crippen molar-refractivity contribution in [2.45, 2.75) is 57.2 Å². The van der Waals surface area contributed by atoms with Crippen LogP contribution in [0.3, 0.4) is 0 Å². The molecule has 0 heterocycles. The maximum Gasteiger partial charge on any atom is 0.416 e. The van der Waals surface area contributed by atoms with Gasteiger partial charge in [0.1, 0.15) is 0 Å². The first-order valence-electron chi connectivity index (χ1n) is 7.39. The molecule has 0 amide bonds. The number of rotatable bonds is 4. The summed E-state index contributed by atoms with van der Waals surface area (Å²) in [7, 11) is 0. The Morgan fingerprint density at radius 2 is 1.85 bits per heavy atom. The van der Waals surface area contributed by atoms with E-state index in [1.54, 1.807) is 6.07 Å². The summed E-state index contributed by atoms with van der Waals surface area (Å²) >= 11 is 0. The number of nitrogens with two attached hydrogens (primary N) is 1. The van der Waals surface area contributed by atoms with Crippen LogP contribution in [0.4, 0.5) is 13.2 Å². The Balaban J connectivity index is 1.93. The van der Waals surface area contributed by atoms with Crippen LogP contribution in [-0.4, -0.2) is 0 Å². The first-order valence-corrected chi connectivity index (χ1v) is 7.39. The summed E-state index contributed by atoms with van der Waals surface area (Å²) < 4.78 is 38.0. The maximum atomic E-state index is 12.7. The highest BCUT2D eigenvalue weighted by atomic mass is 19.4. The van der Waals surface area contributed by atoms with Crippen molar-refractivity contribution in [2.75, 3.05) is 0 Å². The van der Waals surface area contributed by atoms with E-state index in [4.69, 9.17) is 5.73 Å². The quantitative estimate of drug-likeness (QED) is 0.821.